The van der Waals surface area contributed by atoms with Gasteiger partial charge in [0.05, 0.1) is 21.6 Å². The first-order valence-corrected chi connectivity index (χ1v) is 24.8. The number of anilines is 2. The number of sulfonamides is 1. The third-order valence-electron chi connectivity index (χ3n) is 12.6. The highest BCUT2D eigenvalue weighted by Crippen LogP contribution is 2.43. The molecule has 65 heavy (non-hydrogen) atoms. The second-order valence-electron chi connectivity index (χ2n) is 17.8. The van der Waals surface area contributed by atoms with Crippen LogP contribution in [0.4, 0.5) is 17.1 Å². The van der Waals surface area contributed by atoms with E-state index in [4.69, 9.17) is 16.3 Å². The van der Waals surface area contributed by atoms with Crippen LogP contribution in [0.2, 0.25) is 5.02 Å². The fourth-order valence-electron chi connectivity index (χ4n) is 8.93. The molecule has 5 aromatic rings. The van der Waals surface area contributed by atoms with Crippen LogP contribution >= 0.6 is 11.6 Å². The van der Waals surface area contributed by atoms with Gasteiger partial charge in [-0.25, -0.2) is 22.3 Å². The molecule has 3 aliphatic rings. The summed E-state index contributed by atoms with van der Waals surface area (Å²) in [6.07, 6.45) is 7.88. The molecule has 4 heterocycles. The monoisotopic (exact) mass is 944 g/mol. The lowest BCUT2D eigenvalue weighted by Gasteiger charge is -2.39. The molecule has 2 fully saturated rings. The van der Waals surface area contributed by atoms with E-state index in [2.05, 4.69) is 55.8 Å². The molecule has 0 saturated carbocycles. The predicted octanol–water partition coefficient (Wildman–Crippen LogP) is 8.12. The molecule has 3 aromatic carbocycles. The molecule has 1 unspecified atom stereocenters. The number of ether oxygens (including phenoxy) is 1. The number of halogens is 1. The van der Waals surface area contributed by atoms with Crippen LogP contribution in [-0.2, 0) is 21.1 Å². The number of nitrogens with one attached hydrogen (secondary N) is 3. The number of rotatable bonds is 15. The lowest BCUT2D eigenvalue weighted by atomic mass is 9.72. The number of aromatic amines is 1. The lowest BCUT2D eigenvalue weighted by Crippen LogP contribution is -2.47. The molecule has 0 bridgehead atoms. The summed E-state index contributed by atoms with van der Waals surface area (Å²) < 4.78 is 56.3. The van der Waals surface area contributed by atoms with E-state index in [1.807, 2.05) is 23.1 Å². The Labute approximate surface area is 385 Å². The van der Waals surface area contributed by atoms with Gasteiger partial charge in [-0.05, 0) is 116 Å². The highest BCUT2D eigenvalue weighted by molar-refractivity contribution is 7.90. The van der Waals surface area contributed by atoms with Crippen molar-refractivity contribution in [2.45, 2.75) is 50.8 Å². The summed E-state index contributed by atoms with van der Waals surface area (Å²) in [6, 6.07) is 20.2. The van der Waals surface area contributed by atoms with E-state index in [1.54, 1.807) is 24.4 Å². The molecule has 0 radical (unpaired) electrons. The van der Waals surface area contributed by atoms with Crippen LogP contribution in [0.15, 0.2) is 95.7 Å². The Hall–Kier alpha value is -5.37. The van der Waals surface area contributed by atoms with E-state index in [1.165, 1.54) is 41.1 Å². The van der Waals surface area contributed by atoms with E-state index in [0.29, 0.717) is 44.1 Å². The van der Waals surface area contributed by atoms with Crippen molar-refractivity contribution in [3.8, 4) is 11.5 Å². The van der Waals surface area contributed by atoms with E-state index in [9.17, 15) is 32.1 Å². The number of hydrogen-bond donors (Lipinski definition) is 4. The minimum atomic E-state index is -4.60. The number of piperazine rings is 1. The average Bonchev–Trinajstić information content (AvgIpc) is 3.75. The van der Waals surface area contributed by atoms with E-state index >= 15 is 0 Å². The molecule has 2 saturated heterocycles. The van der Waals surface area contributed by atoms with Gasteiger partial charge in [-0.15, -0.1) is 0 Å². The number of benzene rings is 3. The summed E-state index contributed by atoms with van der Waals surface area (Å²) in [4.78, 5) is 39.1. The minimum absolute atomic E-state index is 0.0592. The van der Waals surface area contributed by atoms with Gasteiger partial charge in [-0.3, -0.25) is 24.7 Å². The second-order valence-corrected chi connectivity index (χ2v) is 20.8. The van der Waals surface area contributed by atoms with Crippen molar-refractivity contribution >= 4 is 72.3 Å². The van der Waals surface area contributed by atoms with E-state index in [-0.39, 0.29) is 34.2 Å². The molecule has 8 rings (SSSR count). The zero-order valence-corrected chi connectivity index (χ0v) is 38.7. The highest BCUT2D eigenvalue weighted by atomic mass is 35.5. The lowest BCUT2D eigenvalue weighted by molar-refractivity contribution is -0.384. The van der Waals surface area contributed by atoms with Gasteiger partial charge < -0.3 is 24.5 Å². The molecule has 2 aliphatic heterocycles. The van der Waals surface area contributed by atoms with Crippen LogP contribution in [0, 0.1) is 21.4 Å². The number of amides is 1. The van der Waals surface area contributed by atoms with Crippen LogP contribution in [0.3, 0.4) is 0 Å². The molecule has 4 N–H and O–H groups in total. The van der Waals surface area contributed by atoms with Crippen molar-refractivity contribution in [2.75, 3.05) is 68.5 Å². The van der Waals surface area contributed by atoms with Crippen LogP contribution in [0.5, 0.6) is 11.5 Å². The van der Waals surface area contributed by atoms with Gasteiger partial charge in [0.1, 0.15) is 28.7 Å². The number of nitrogens with zero attached hydrogens (tertiary/aromatic N) is 5. The van der Waals surface area contributed by atoms with Gasteiger partial charge in [-0.2, -0.15) is 0 Å². The first-order valence-electron chi connectivity index (χ1n) is 21.7. The third kappa shape index (κ3) is 11.4. The summed E-state index contributed by atoms with van der Waals surface area (Å²) in [5.74, 6) is -0.307. The number of H-pyrrole nitrogens is 1. The molecule has 1 atom stereocenters. The fourth-order valence-corrected chi connectivity index (χ4v) is 10.6. The Morgan fingerprint density at radius 1 is 1.02 bits per heavy atom. The van der Waals surface area contributed by atoms with Crippen LogP contribution in [-0.4, -0.2) is 106 Å². The number of nitro benzene ring substituents is 1. The van der Waals surface area contributed by atoms with Crippen molar-refractivity contribution < 1.29 is 31.6 Å². The molecule has 2 aromatic heterocycles. The topological polar surface area (TPSA) is 203 Å². The number of pyridine rings is 1. The Morgan fingerprint density at radius 3 is 2.49 bits per heavy atom. The van der Waals surface area contributed by atoms with Crippen LogP contribution in [0.1, 0.15) is 61.9 Å². The maximum absolute atomic E-state index is 14.0. The van der Waals surface area contributed by atoms with Crippen LogP contribution in [0.25, 0.3) is 16.6 Å². The Morgan fingerprint density at radius 2 is 1.77 bits per heavy atom. The van der Waals surface area contributed by atoms with Crippen molar-refractivity contribution in [3.63, 3.8) is 0 Å². The SMILES string of the molecule is CC1(C)CCC(CN2CCN(c3ccc(C(=O)NS(=O)(=O)c4ccc(NCC5CCN(CS(=O)O)CC5)c([N+](=O)[O-])c4)c(Oc4cnc5[nH]ccc5c4)c3)CC2)=C(c2ccc(Cl)cc2)C1. The Bertz CT molecular complexity index is 2730. The van der Waals surface area contributed by atoms with Gasteiger partial charge >= 0.3 is 0 Å². The minimum Gasteiger partial charge on any atom is -0.455 e. The molecule has 0 spiro atoms. The smallest absolute Gasteiger partial charge is 0.293 e. The zero-order chi connectivity index (χ0) is 45.9. The predicted molar refractivity (Wildman–Crippen MR) is 253 cm³/mol. The van der Waals surface area contributed by atoms with Crippen molar-refractivity contribution in [2.24, 2.45) is 11.3 Å². The van der Waals surface area contributed by atoms with Crippen molar-refractivity contribution in [1.82, 2.24) is 24.5 Å². The molecular weight excluding hydrogens is 892 g/mol. The van der Waals surface area contributed by atoms with Gasteiger partial charge in [0.25, 0.3) is 21.6 Å². The summed E-state index contributed by atoms with van der Waals surface area (Å²) in [5.41, 5.74) is 5.35. The van der Waals surface area contributed by atoms with Crippen molar-refractivity contribution in [1.29, 1.82) is 0 Å². The Balaban J connectivity index is 0.978. The number of allylic oxidation sites excluding steroid dienone is 1. The molecule has 16 nitrogen and oxygen atoms in total. The molecule has 1 aliphatic carbocycles. The first kappa shape index (κ1) is 46.2. The quantitative estimate of drug-likeness (QED) is 0.0446. The van der Waals surface area contributed by atoms with Gasteiger partial charge in [0, 0.05) is 73.7 Å². The average molecular weight is 946 g/mol. The van der Waals surface area contributed by atoms with Gasteiger partial charge in [-0.1, -0.05) is 43.2 Å². The Kier molecular flexibility index (Phi) is 13.9. The summed E-state index contributed by atoms with van der Waals surface area (Å²) in [7, 11) is -4.60. The second kappa shape index (κ2) is 19.6. The first-order chi connectivity index (χ1) is 31.1. The van der Waals surface area contributed by atoms with Gasteiger partial charge in [0.2, 0.25) is 0 Å². The maximum Gasteiger partial charge on any atom is 0.293 e. The number of nitro groups is 1. The number of carbonyl (C=O) groups is 1. The largest absolute Gasteiger partial charge is 0.455 e. The third-order valence-corrected chi connectivity index (χ3v) is 14.8. The summed E-state index contributed by atoms with van der Waals surface area (Å²) in [5, 5.41) is 16.8. The highest BCUT2D eigenvalue weighted by Gasteiger charge is 2.31. The standard InChI is InChI=1S/C46H53ClN8O8S2/c1-46(2)15-11-34(40(26-46)32-3-5-35(47)6-4-32)29-52-19-21-54(22-20-52)36-7-9-39(43(24-36)63-37-23-33-12-16-48-44(33)50-28-37)45(56)51-65(61,62)38-8-10-41(42(25-38)55(57)58)49-27-31-13-17-53(18-14-31)30-64(59)60/h3-10,12,16,23-25,28,31,49H,11,13-15,17-22,26-27,29-30H2,1-2H3,(H,48,50)(H,51,56)(H,59,60). The normalized spacial score (nSPS) is 18.1. The number of hydrogen-bond acceptors (Lipinski definition) is 12. The fraction of sp³-hybridized carbons (Fsp3) is 0.391. The van der Waals surface area contributed by atoms with Crippen molar-refractivity contribution in [3.05, 3.63) is 117 Å². The summed E-state index contributed by atoms with van der Waals surface area (Å²) in [6.45, 7) is 10.2. The van der Waals surface area contributed by atoms with Gasteiger partial charge in [0.15, 0.2) is 11.1 Å². The zero-order valence-electron chi connectivity index (χ0n) is 36.3. The van der Waals surface area contributed by atoms with Crippen LogP contribution < -0.4 is 19.7 Å². The maximum atomic E-state index is 14.0. The number of carbonyl (C=O) groups excluding carboxylic acids is 1. The number of likely N-dealkylation sites (tertiary alicyclic amines) is 1. The molecular formula is C46H53ClN8O8S2. The van der Waals surface area contributed by atoms with E-state index in [0.717, 1.165) is 73.9 Å². The van der Waals surface area contributed by atoms with E-state index < -0.39 is 42.5 Å². The molecule has 344 valence electrons. The molecule has 19 heteroatoms. The summed E-state index contributed by atoms with van der Waals surface area (Å²) >= 11 is 4.32. The number of aromatic nitrogens is 2. The molecule has 1 amide bonds. The number of fused-ring (bicyclic) bond motifs is 1. The number of piperidine rings is 1.